The normalized spacial score (nSPS) is 11.7. The van der Waals surface area contributed by atoms with Crippen molar-refractivity contribution in [2.75, 3.05) is 20.8 Å². The molecule has 0 spiro atoms. The van der Waals surface area contributed by atoms with Crippen molar-refractivity contribution in [3.63, 3.8) is 0 Å². The minimum absolute atomic E-state index is 0.199. The minimum atomic E-state index is -0.297. The second-order valence-electron chi connectivity index (χ2n) is 9.04. The van der Waals surface area contributed by atoms with Gasteiger partial charge in [0.2, 0.25) is 0 Å². The first-order chi connectivity index (χ1) is 18.5. The lowest BCUT2D eigenvalue weighted by atomic mass is 10.1. The number of hydrogen-bond acceptors (Lipinski definition) is 5. The summed E-state index contributed by atoms with van der Waals surface area (Å²) in [4.78, 5) is 17.9. The highest BCUT2D eigenvalue weighted by atomic mass is 16.5. The summed E-state index contributed by atoms with van der Waals surface area (Å²) < 4.78 is 19.1. The van der Waals surface area contributed by atoms with E-state index >= 15 is 0 Å². The lowest BCUT2D eigenvalue weighted by Gasteiger charge is -2.17. The van der Waals surface area contributed by atoms with E-state index in [0.29, 0.717) is 17.9 Å². The number of aryl methyl sites for hydroxylation is 1. The predicted octanol–water partition coefficient (Wildman–Crippen LogP) is 6.13. The molecular formula is C31H35N3O4. The Labute approximate surface area is 224 Å². The van der Waals surface area contributed by atoms with Gasteiger partial charge in [-0.2, -0.15) is 0 Å². The zero-order chi connectivity index (χ0) is 26.9. The summed E-state index contributed by atoms with van der Waals surface area (Å²) >= 11 is 0. The average molecular weight is 514 g/mol. The van der Waals surface area contributed by atoms with Crippen molar-refractivity contribution in [3.8, 4) is 17.2 Å². The molecule has 1 amide bonds. The Hall–Kier alpha value is -4.26. The number of unbranched alkanes of at least 4 members (excludes halogenated alkanes) is 1. The summed E-state index contributed by atoms with van der Waals surface area (Å²) in [6, 6.07) is 20.9. The van der Waals surface area contributed by atoms with Gasteiger partial charge in [0.15, 0.2) is 11.5 Å². The van der Waals surface area contributed by atoms with Crippen LogP contribution < -0.4 is 19.5 Å². The average Bonchev–Trinajstić information content (AvgIpc) is 3.32. The number of amides is 1. The first-order valence-electron chi connectivity index (χ1n) is 12.8. The third kappa shape index (κ3) is 6.17. The smallest absolute Gasteiger partial charge is 0.255 e. The number of para-hydroxylation sites is 3. The summed E-state index contributed by atoms with van der Waals surface area (Å²) in [7, 11) is 3.21. The van der Waals surface area contributed by atoms with Gasteiger partial charge < -0.3 is 24.1 Å². The molecule has 1 aromatic heterocycles. The number of fused-ring (bicyclic) bond motifs is 1. The van der Waals surface area contributed by atoms with Crippen molar-refractivity contribution in [3.05, 3.63) is 96.3 Å². The van der Waals surface area contributed by atoms with Gasteiger partial charge >= 0.3 is 0 Å². The Morgan fingerprint density at radius 1 is 1.00 bits per heavy atom. The molecule has 0 aliphatic heterocycles. The van der Waals surface area contributed by atoms with Crippen LogP contribution in [0.5, 0.6) is 17.2 Å². The molecule has 0 aliphatic carbocycles. The standard InChI is InChI=1S/C31H35N3O4/c1-5-12-23-17-18-28(29(21-23)37-4)38-20-11-10-19-34-26-15-8-7-14-25(26)33-30(34)22(2)32-31(35)24-13-6-9-16-27(24)36-3/h5-9,13-18,21-22H,1,10-12,19-20H2,2-4H3,(H,32,35). The van der Waals surface area contributed by atoms with Crippen LogP contribution in [0.15, 0.2) is 79.4 Å². The molecular weight excluding hydrogens is 478 g/mol. The molecule has 0 bridgehead atoms. The number of nitrogens with zero attached hydrogens (tertiary/aromatic N) is 2. The SMILES string of the molecule is C=CCc1ccc(OCCCCn2c(C(C)NC(=O)c3ccccc3OC)nc3ccccc32)c(OC)c1. The van der Waals surface area contributed by atoms with Crippen molar-refractivity contribution in [2.45, 2.75) is 38.8 Å². The molecule has 198 valence electrons. The number of benzene rings is 3. The third-order valence-corrected chi connectivity index (χ3v) is 6.41. The van der Waals surface area contributed by atoms with Crippen LogP contribution >= 0.6 is 0 Å². The molecule has 1 atom stereocenters. The van der Waals surface area contributed by atoms with Gasteiger partial charge in [0, 0.05) is 6.54 Å². The number of nitrogens with one attached hydrogen (secondary N) is 1. The van der Waals surface area contributed by atoms with Crippen LogP contribution in [-0.4, -0.2) is 36.3 Å². The third-order valence-electron chi connectivity index (χ3n) is 6.41. The van der Waals surface area contributed by atoms with Crippen LogP contribution in [0.25, 0.3) is 11.0 Å². The minimum Gasteiger partial charge on any atom is -0.496 e. The number of hydrogen-bond donors (Lipinski definition) is 1. The quantitative estimate of drug-likeness (QED) is 0.172. The summed E-state index contributed by atoms with van der Waals surface area (Å²) in [6.07, 6.45) is 4.40. The molecule has 0 saturated heterocycles. The van der Waals surface area contributed by atoms with E-state index in [0.717, 1.165) is 59.7 Å². The zero-order valence-corrected chi connectivity index (χ0v) is 22.3. The second-order valence-corrected chi connectivity index (χ2v) is 9.04. The number of imidazole rings is 1. The first-order valence-corrected chi connectivity index (χ1v) is 12.8. The van der Waals surface area contributed by atoms with E-state index in [2.05, 4.69) is 22.5 Å². The van der Waals surface area contributed by atoms with Gasteiger partial charge in [-0.15, -0.1) is 6.58 Å². The molecule has 0 saturated carbocycles. The lowest BCUT2D eigenvalue weighted by molar-refractivity contribution is 0.0934. The van der Waals surface area contributed by atoms with Crippen molar-refractivity contribution >= 4 is 16.9 Å². The van der Waals surface area contributed by atoms with Crippen LogP contribution in [0.3, 0.4) is 0 Å². The molecule has 1 heterocycles. The second kappa shape index (κ2) is 12.8. The maximum atomic E-state index is 13.0. The van der Waals surface area contributed by atoms with E-state index in [-0.39, 0.29) is 11.9 Å². The predicted molar refractivity (Wildman–Crippen MR) is 150 cm³/mol. The van der Waals surface area contributed by atoms with Gasteiger partial charge in [0.25, 0.3) is 5.91 Å². The topological polar surface area (TPSA) is 74.6 Å². The van der Waals surface area contributed by atoms with Crippen LogP contribution in [0.2, 0.25) is 0 Å². The lowest BCUT2D eigenvalue weighted by Crippen LogP contribution is -2.29. The molecule has 0 aliphatic rings. The molecule has 38 heavy (non-hydrogen) atoms. The van der Waals surface area contributed by atoms with E-state index in [4.69, 9.17) is 19.2 Å². The van der Waals surface area contributed by atoms with E-state index in [9.17, 15) is 4.79 Å². The van der Waals surface area contributed by atoms with Crippen LogP contribution in [0, 0.1) is 0 Å². The molecule has 1 unspecified atom stereocenters. The highest BCUT2D eigenvalue weighted by Crippen LogP contribution is 2.29. The number of carbonyl (C=O) groups excluding carboxylic acids is 1. The fraction of sp³-hybridized carbons (Fsp3) is 0.290. The van der Waals surface area contributed by atoms with Crippen LogP contribution in [-0.2, 0) is 13.0 Å². The van der Waals surface area contributed by atoms with Gasteiger partial charge in [-0.25, -0.2) is 4.98 Å². The van der Waals surface area contributed by atoms with E-state index in [1.807, 2.05) is 61.5 Å². The van der Waals surface area contributed by atoms with Crippen molar-refractivity contribution in [1.82, 2.24) is 14.9 Å². The number of methoxy groups -OCH3 is 2. The van der Waals surface area contributed by atoms with Gasteiger partial charge in [-0.05, 0) is 68.1 Å². The number of carbonyl (C=O) groups is 1. The van der Waals surface area contributed by atoms with Gasteiger partial charge in [-0.1, -0.05) is 36.4 Å². The maximum absolute atomic E-state index is 13.0. The Bertz CT molecular complexity index is 1400. The molecule has 7 heteroatoms. The van der Waals surface area contributed by atoms with E-state index in [1.54, 1.807) is 26.4 Å². The number of aromatic nitrogens is 2. The van der Waals surface area contributed by atoms with E-state index < -0.39 is 0 Å². The molecule has 7 nitrogen and oxygen atoms in total. The highest BCUT2D eigenvalue weighted by molar-refractivity contribution is 5.97. The van der Waals surface area contributed by atoms with Crippen molar-refractivity contribution in [2.24, 2.45) is 0 Å². The van der Waals surface area contributed by atoms with Gasteiger partial charge in [0.05, 0.1) is 43.5 Å². The zero-order valence-electron chi connectivity index (χ0n) is 22.3. The molecule has 1 N–H and O–H groups in total. The first kappa shape index (κ1) is 26.8. The molecule has 4 rings (SSSR count). The molecule has 3 aromatic carbocycles. The van der Waals surface area contributed by atoms with Crippen LogP contribution in [0.4, 0.5) is 0 Å². The number of allylic oxidation sites excluding steroid dienone is 1. The number of rotatable bonds is 13. The monoisotopic (exact) mass is 513 g/mol. The van der Waals surface area contributed by atoms with E-state index in [1.165, 1.54) is 0 Å². The van der Waals surface area contributed by atoms with Crippen molar-refractivity contribution < 1.29 is 19.0 Å². The molecule has 0 radical (unpaired) electrons. The number of ether oxygens (including phenoxy) is 3. The Balaban J connectivity index is 1.42. The summed E-state index contributed by atoms with van der Waals surface area (Å²) in [5.41, 5.74) is 3.58. The maximum Gasteiger partial charge on any atom is 0.255 e. The summed E-state index contributed by atoms with van der Waals surface area (Å²) in [5.74, 6) is 2.62. The van der Waals surface area contributed by atoms with Gasteiger partial charge in [0.1, 0.15) is 11.6 Å². The fourth-order valence-electron chi connectivity index (χ4n) is 4.51. The van der Waals surface area contributed by atoms with Crippen molar-refractivity contribution in [1.29, 1.82) is 0 Å². The Morgan fingerprint density at radius 2 is 1.76 bits per heavy atom. The molecule has 4 aromatic rings. The summed E-state index contributed by atoms with van der Waals surface area (Å²) in [6.45, 7) is 7.07. The summed E-state index contributed by atoms with van der Waals surface area (Å²) in [5, 5.41) is 3.09. The Kier molecular flexibility index (Phi) is 9.03. The fourth-order valence-corrected chi connectivity index (χ4v) is 4.51. The molecule has 0 fully saturated rings. The largest absolute Gasteiger partial charge is 0.496 e. The highest BCUT2D eigenvalue weighted by Gasteiger charge is 2.20. The van der Waals surface area contributed by atoms with Gasteiger partial charge in [-0.3, -0.25) is 4.79 Å². The Morgan fingerprint density at radius 3 is 2.55 bits per heavy atom. The van der Waals surface area contributed by atoms with Crippen LogP contribution in [0.1, 0.15) is 47.6 Å².